The first-order valence-corrected chi connectivity index (χ1v) is 9.47. The summed E-state index contributed by atoms with van der Waals surface area (Å²) in [5.74, 6) is 4.08. The Hall–Kier alpha value is -1.31. The predicted molar refractivity (Wildman–Crippen MR) is 91.5 cm³/mol. The van der Waals surface area contributed by atoms with E-state index in [1.807, 2.05) is 10.4 Å². The van der Waals surface area contributed by atoms with Crippen LogP contribution in [0, 0.1) is 0 Å². The van der Waals surface area contributed by atoms with Gasteiger partial charge in [-0.2, -0.15) is 0 Å². The van der Waals surface area contributed by atoms with Crippen molar-refractivity contribution >= 4 is 27.0 Å². The predicted octanol–water partition coefficient (Wildman–Crippen LogP) is 0.596. The highest BCUT2D eigenvalue weighted by Gasteiger charge is 2.31. The number of ether oxygens (including phenoxy) is 1. The van der Waals surface area contributed by atoms with E-state index in [-0.39, 0.29) is 5.25 Å². The molecule has 0 bridgehead atoms. The van der Waals surface area contributed by atoms with Gasteiger partial charge in [0.25, 0.3) is 0 Å². The van der Waals surface area contributed by atoms with Crippen LogP contribution in [0.15, 0.2) is 18.5 Å². The van der Waals surface area contributed by atoms with Crippen molar-refractivity contribution in [2.45, 2.75) is 18.1 Å². The molecular formula is C15H24N4O2S. The number of nitrogen functional groups attached to an aromatic ring is 1. The monoisotopic (exact) mass is 324 g/mol. The van der Waals surface area contributed by atoms with Crippen molar-refractivity contribution in [1.29, 1.82) is 0 Å². The van der Waals surface area contributed by atoms with Crippen LogP contribution in [-0.4, -0.2) is 64.0 Å². The second-order valence-electron chi connectivity index (χ2n) is 5.85. The molecule has 3 rings (SSSR count). The summed E-state index contributed by atoms with van der Waals surface area (Å²) in [5.41, 5.74) is 7.72. The van der Waals surface area contributed by atoms with Crippen LogP contribution in [0.4, 0.5) is 11.4 Å². The molecule has 2 fully saturated rings. The van der Waals surface area contributed by atoms with Gasteiger partial charge in [-0.15, -0.1) is 0 Å². The van der Waals surface area contributed by atoms with Gasteiger partial charge in [-0.3, -0.25) is 9.19 Å². The summed E-state index contributed by atoms with van der Waals surface area (Å²) in [6.07, 6.45) is 5.19. The van der Waals surface area contributed by atoms with Crippen molar-refractivity contribution in [2.24, 2.45) is 0 Å². The first kappa shape index (κ1) is 15.6. The minimum atomic E-state index is -2.22. The summed E-state index contributed by atoms with van der Waals surface area (Å²) in [6, 6.07) is 1.94. The molecule has 1 atom stereocenters. The maximum Gasteiger partial charge on any atom is 0.0738 e. The topological polar surface area (TPSA) is 71.7 Å². The number of rotatable bonds is 3. The van der Waals surface area contributed by atoms with E-state index < -0.39 is 9.71 Å². The van der Waals surface area contributed by atoms with Gasteiger partial charge < -0.3 is 15.4 Å². The van der Waals surface area contributed by atoms with Gasteiger partial charge in [0.15, 0.2) is 0 Å². The molecule has 0 aromatic carbocycles. The molecule has 0 radical (unpaired) electrons. The van der Waals surface area contributed by atoms with Gasteiger partial charge in [0, 0.05) is 47.3 Å². The summed E-state index contributed by atoms with van der Waals surface area (Å²) in [6.45, 7) is 4.46. The van der Waals surface area contributed by atoms with E-state index in [2.05, 4.69) is 15.8 Å². The number of nitrogens with zero attached hydrogens (tertiary/aromatic N) is 3. The largest absolute Gasteiger partial charge is 0.396 e. The minimum absolute atomic E-state index is 0.143. The number of morpholine rings is 1. The lowest BCUT2D eigenvalue weighted by atomic mass is 10.1. The van der Waals surface area contributed by atoms with Crippen LogP contribution in [-0.2, 0) is 14.4 Å². The average Bonchev–Trinajstić information content (AvgIpc) is 2.56. The van der Waals surface area contributed by atoms with Crippen molar-refractivity contribution in [3.05, 3.63) is 18.5 Å². The van der Waals surface area contributed by atoms with Crippen LogP contribution >= 0.6 is 0 Å². The van der Waals surface area contributed by atoms with Crippen molar-refractivity contribution < 1.29 is 8.95 Å². The number of nitrogens with two attached hydrogens (primary N) is 1. The highest BCUT2D eigenvalue weighted by Crippen LogP contribution is 2.28. The van der Waals surface area contributed by atoms with Gasteiger partial charge in [0.05, 0.1) is 30.8 Å². The number of hydrogen-bond acceptors (Lipinski definition) is 5. The lowest BCUT2D eigenvalue weighted by Crippen LogP contribution is -2.48. The number of aromatic nitrogens is 1. The van der Waals surface area contributed by atoms with Crippen molar-refractivity contribution in [2.75, 3.05) is 50.0 Å². The Morgan fingerprint density at radius 1 is 1.27 bits per heavy atom. The van der Waals surface area contributed by atoms with Crippen molar-refractivity contribution in [1.82, 2.24) is 9.29 Å². The zero-order valence-electron chi connectivity index (χ0n) is 12.8. The van der Waals surface area contributed by atoms with Crippen LogP contribution in [0.1, 0.15) is 12.8 Å². The molecule has 3 heterocycles. The van der Waals surface area contributed by atoms with E-state index in [4.69, 9.17) is 10.5 Å². The van der Waals surface area contributed by atoms with E-state index in [9.17, 15) is 4.21 Å². The maximum absolute atomic E-state index is 13.1. The van der Waals surface area contributed by atoms with E-state index in [1.54, 1.807) is 12.4 Å². The molecule has 2 N–H and O–H groups in total. The molecule has 2 aliphatic rings. The van der Waals surface area contributed by atoms with Gasteiger partial charge in [-0.1, -0.05) is 0 Å². The molecule has 2 saturated heterocycles. The Balaban J connectivity index is 1.65. The third-order valence-electron chi connectivity index (χ3n) is 4.54. The second kappa shape index (κ2) is 6.44. The Morgan fingerprint density at radius 3 is 2.59 bits per heavy atom. The lowest BCUT2D eigenvalue weighted by Gasteiger charge is -2.39. The molecule has 0 spiro atoms. The molecule has 2 aliphatic heterocycles. The van der Waals surface area contributed by atoms with Gasteiger partial charge in [0.2, 0.25) is 0 Å². The molecular weight excluding hydrogens is 300 g/mol. The molecule has 0 saturated carbocycles. The summed E-state index contributed by atoms with van der Waals surface area (Å²) in [4.78, 5) is 6.28. The smallest absolute Gasteiger partial charge is 0.0738 e. The van der Waals surface area contributed by atoms with E-state index >= 15 is 0 Å². The Kier molecular flexibility index (Phi) is 4.56. The fraction of sp³-hybridized carbons (Fsp3) is 0.600. The Bertz CT molecular complexity index is 606. The number of pyridine rings is 1. The first-order valence-electron chi connectivity index (χ1n) is 7.72. The standard InChI is InChI=1S/C15H24N4O2S/c1-22(20,19-8-10-21-11-9-19)13-3-6-18(7-4-13)15-2-5-17-12-14(15)16/h2,5,12-13H,1,3-4,6-11,16H2. The molecule has 22 heavy (non-hydrogen) atoms. The molecule has 6 nitrogen and oxygen atoms in total. The normalized spacial score (nSPS) is 24.1. The highest BCUT2D eigenvalue weighted by atomic mass is 32.2. The summed E-state index contributed by atoms with van der Waals surface area (Å²) >= 11 is 0. The fourth-order valence-electron chi connectivity index (χ4n) is 3.22. The van der Waals surface area contributed by atoms with Crippen LogP contribution in [0.3, 0.4) is 0 Å². The maximum atomic E-state index is 13.1. The fourth-order valence-corrected chi connectivity index (χ4v) is 5.35. The summed E-state index contributed by atoms with van der Waals surface area (Å²) < 4.78 is 20.5. The van der Waals surface area contributed by atoms with Crippen LogP contribution in [0.5, 0.6) is 0 Å². The molecule has 0 aliphatic carbocycles. The van der Waals surface area contributed by atoms with Gasteiger partial charge in [0.1, 0.15) is 0 Å². The third-order valence-corrected chi connectivity index (χ3v) is 7.29. The average molecular weight is 324 g/mol. The minimum Gasteiger partial charge on any atom is -0.396 e. The van der Waals surface area contributed by atoms with E-state index in [1.165, 1.54) is 0 Å². The molecule has 122 valence electrons. The SMILES string of the molecule is C=S(=O)(C1CCN(c2ccncc2N)CC1)N1CCOCC1. The van der Waals surface area contributed by atoms with Crippen LogP contribution in [0.2, 0.25) is 0 Å². The van der Waals surface area contributed by atoms with Crippen molar-refractivity contribution in [3.8, 4) is 0 Å². The summed E-state index contributed by atoms with van der Waals surface area (Å²) in [5, 5.41) is 0.143. The van der Waals surface area contributed by atoms with Crippen molar-refractivity contribution in [3.63, 3.8) is 0 Å². The Labute approximate surface area is 132 Å². The second-order valence-corrected chi connectivity index (χ2v) is 8.41. The zero-order valence-corrected chi connectivity index (χ0v) is 13.6. The molecule has 1 aromatic heterocycles. The molecule has 7 heteroatoms. The third kappa shape index (κ3) is 3.06. The lowest BCUT2D eigenvalue weighted by molar-refractivity contribution is 0.0745. The first-order chi connectivity index (χ1) is 10.6. The quantitative estimate of drug-likeness (QED) is 0.824. The molecule has 1 aromatic rings. The van der Waals surface area contributed by atoms with E-state index in [0.717, 1.165) is 44.7 Å². The molecule has 0 amide bonds. The van der Waals surface area contributed by atoms with Crippen LogP contribution < -0.4 is 10.6 Å². The molecule has 1 unspecified atom stereocenters. The Morgan fingerprint density at radius 2 is 1.95 bits per heavy atom. The number of anilines is 2. The van der Waals surface area contributed by atoms with E-state index in [0.29, 0.717) is 18.9 Å². The summed E-state index contributed by atoms with van der Waals surface area (Å²) in [7, 11) is -2.22. The van der Waals surface area contributed by atoms with Gasteiger partial charge >= 0.3 is 0 Å². The van der Waals surface area contributed by atoms with Gasteiger partial charge in [-0.25, -0.2) is 4.31 Å². The number of piperidine rings is 1. The zero-order chi connectivity index (χ0) is 15.6. The van der Waals surface area contributed by atoms with Gasteiger partial charge in [-0.05, 0) is 24.8 Å². The number of hydrogen-bond donors (Lipinski definition) is 1. The highest BCUT2D eigenvalue weighted by molar-refractivity contribution is 7.98. The van der Waals surface area contributed by atoms with Crippen LogP contribution in [0.25, 0.3) is 0 Å².